The smallest absolute Gasteiger partial charge is 0.490 e. The maximum Gasteiger partial charge on any atom is 0.490 e. The Morgan fingerprint density at radius 3 is 1.95 bits per heavy atom. The minimum atomic E-state index is -5.08. The van der Waals surface area contributed by atoms with Crippen molar-refractivity contribution in [2.75, 3.05) is 51.8 Å². The van der Waals surface area contributed by atoms with Crippen LogP contribution in [-0.4, -0.2) is 96.3 Å². The van der Waals surface area contributed by atoms with Crippen LogP contribution in [0.2, 0.25) is 0 Å². The summed E-state index contributed by atoms with van der Waals surface area (Å²) in [6.45, 7) is 7.38. The molecule has 0 atom stereocenters. The maximum absolute atomic E-state index is 10.6. The zero-order valence-electron chi connectivity index (χ0n) is 21.9. The average Bonchev–Trinajstić information content (AvgIpc) is 3.36. The third-order valence-corrected chi connectivity index (χ3v) is 6.54. The fourth-order valence-electron chi connectivity index (χ4n) is 3.60. The van der Waals surface area contributed by atoms with E-state index in [1.54, 1.807) is 31.9 Å². The number of aromatic nitrogens is 2. The number of carbonyl (C=O) groups is 2. The highest BCUT2D eigenvalue weighted by Gasteiger charge is 2.38. The van der Waals surface area contributed by atoms with Crippen molar-refractivity contribution in [2.24, 2.45) is 0 Å². The molecule has 10 nitrogen and oxygen atoms in total. The van der Waals surface area contributed by atoms with E-state index >= 15 is 0 Å². The molecule has 41 heavy (non-hydrogen) atoms. The van der Waals surface area contributed by atoms with Crippen LogP contribution >= 0.6 is 11.3 Å². The number of likely N-dealkylation sites (N-methyl/N-ethyl adjacent to an activating group) is 1. The SMILES string of the molecule is CCN1CCN(c2ncnc3scc(-c4cc(OC)ccc4OC)c23)CC1.O=C(O)C(F)(F)F.O=C(O)C(F)(F)F. The van der Waals surface area contributed by atoms with Crippen molar-refractivity contribution < 1.29 is 55.6 Å². The van der Waals surface area contributed by atoms with Crippen LogP contribution < -0.4 is 14.4 Å². The van der Waals surface area contributed by atoms with Gasteiger partial charge < -0.3 is 29.5 Å². The Hall–Kier alpha value is -3.86. The summed E-state index contributed by atoms with van der Waals surface area (Å²) in [6, 6.07) is 5.88. The number of methoxy groups -OCH3 is 2. The minimum absolute atomic E-state index is 0.806. The number of hydrogen-bond acceptors (Lipinski definition) is 9. The highest BCUT2D eigenvalue weighted by Crippen LogP contribution is 2.42. The summed E-state index contributed by atoms with van der Waals surface area (Å²) >= 11 is 1.64. The number of carboxylic acid groups (broad SMARTS) is 2. The molecule has 0 saturated carbocycles. The van der Waals surface area contributed by atoms with Crippen LogP contribution in [0.15, 0.2) is 29.9 Å². The van der Waals surface area contributed by atoms with Crippen LogP contribution in [0.25, 0.3) is 21.3 Å². The van der Waals surface area contributed by atoms with E-state index in [0.717, 1.165) is 71.4 Å². The number of thiophene rings is 1. The molecule has 1 aliphatic rings. The summed E-state index contributed by atoms with van der Waals surface area (Å²) in [5.41, 5.74) is 2.10. The van der Waals surface area contributed by atoms with Gasteiger partial charge in [-0.1, -0.05) is 6.92 Å². The van der Waals surface area contributed by atoms with E-state index in [4.69, 9.17) is 29.3 Å². The lowest BCUT2D eigenvalue weighted by Gasteiger charge is -2.35. The Morgan fingerprint density at radius 1 is 0.927 bits per heavy atom. The number of carboxylic acids is 2. The summed E-state index contributed by atoms with van der Waals surface area (Å²) in [7, 11) is 3.38. The van der Waals surface area contributed by atoms with Crippen LogP contribution in [0.3, 0.4) is 0 Å². The van der Waals surface area contributed by atoms with Crippen LogP contribution in [0.4, 0.5) is 32.2 Å². The van der Waals surface area contributed by atoms with Crippen LogP contribution in [0.5, 0.6) is 11.5 Å². The second-order valence-corrected chi connectivity index (χ2v) is 8.98. The standard InChI is InChI=1S/C20H24N4O2S.2C2HF3O2/c1-4-23-7-9-24(10-8-23)19-18-16(12-27-20(18)22-13-21-19)15-11-14(25-2)5-6-17(15)26-3;2*3-2(4,5)1(6)7/h5-6,11-13H,4,7-10H2,1-3H3;2*(H,6,7). The van der Waals surface area contributed by atoms with Gasteiger partial charge in [0.15, 0.2) is 0 Å². The van der Waals surface area contributed by atoms with Gasteiger partial charge in [-0.2, -0.15) is 26.3 Å². The van der Waals surface area contributed by atoms with Crippen molar-refractivity contribution in [3.63, 3.8) is 0 Å². The predicted molar refractivity (Wildman–Crippen MR) is 138 cm³/mol. The zero-order chi connectivity index (χ0) is 31.0. The van der Waals surface area contributed by atoms with Crippen LogP contribution in [-0.2, 0) is 9.59 Å². The van der Waals surface area contributed by atoms with E-state index in [2.05, 4.69) is 32.1 Å². The summed E-state index contributed by atoms with van der Waals surface area (Å²) in [5, 5.41) is 17.5. The molecule has 3 aromatic rings. The van der Waals surface area contributed by atoms with Crippen molar-refractivity contribution in [2.45, 2.75) is 19.3 Å². The van der Waals surface area contributed by atoms with Gasteiger partial charge in [0, 0.05) is 42.7 Å². The molecule has 0 aliphatic carbocycles. The zero-order valence-corrected chi connectivity index (χ0v) is 22.7. The second-order valence-electron chi connectivity index (χ2n) is 8.12. The molecule has 17 heteroatoms. The lowest BCUT2D eigenvalue weighted by atomic mass is 10.0. The number of alkyl halides is 6. The first kappa shape index (κ1) is 33.3. The van der Waals surface area contributed by atoms with Crippen molar-refractivity contribution in [1.29, 1.82) is 0 Å². The molecule has 2 aromatic heterocycles. The molecule has 4 rings (SSSR count). The topological polar surface area (TPSA) is 125 Å². The van der Waals surface area contributed by atoms with Crippen molar-refractivity contribution >= 4 is 39.3 Å². The largest absolute Gasteiger partial charge is 0.497 e. The Morgan fingerprint density at radius 2 is 1.49 bits per heavy atom. The molecule has 0 spiro atoms. The molecule has 3 heterocycles. The van der Waals surface area contributed by atoms with Gasteiger partial charge in [-0.15, -0.1) is 11.3 Å². The number of nitrogens with zero attached hydrogens (tertiary/aromatic N) is 4. The molecule has 0 bridgehead atoms. The number of ether oxygens (including phenoxy) is 2. The molecular weight excluding hydrogens is 586 g/mol. The molecule has 0 amide bonds. The van der Waals surface area contributed by atoms with Crippen molar-refractivity contribution in [3.8, 4) is 22.6 Å². The summed E-state index contributed by atoms with van der Waals surface area (Å²) in [4.78, 5) is 32.8. The third kappa shape index (κ3) is 9.07. The molecular formula is C24H26F6N4O6S. The molecule has 1 fully saturated rings. The van der Waals surface area contributed by atoms with E-state index in [0.29, 0.717) is 0 Å². The Bertz CT molecular complexity index is 1300. The van der Waals surface area contributed by atoms with Gasteiger partial charge in [-0.3, -0.25) is 0 Å². The van der Waals surface area contributed by atoms with Gasteiger partial charge in [0.2, 0.25) is 0 Å². The van der Waals surface area contributed by atoms with Crippen molar-refractivity contribution in [1.82, 2.24) is 14.9 Å². The summed E-state index contributed by atoms with van der Waals surface area (Å²) < 4.78 is 74.5. The molecule has 1 aliphatic heterocycles. The van der Waals surface area contributed by atoms with Crippen LogP contribution in [0, 0.1) is 0 Å². The number of piperazine rings is 1. The Balaban J connectivity index is 0.000000349. The first-order chi connectivity index (χ1) is 19.1. The van der Waals surface area contributed by atoms with Crippen molar-refractivity contribution in [3.05, 3.63) is 29.9 Å². The Kier molecular flexibility index (Phi) is 11.5. The minimum Gasteiger partial charge on any atom is -0.497 e. The van der Waals surface area contributed by atoms with Gasteiger partial charge >= 0.3 is 24.3 Å². The first-order valence-electron chi connectivity index (χ1n) is 11.7. The number of rotatable bonds is 5. The molecule has 1 saturated heterocycles. The highest BCUT2D eigenvalue weighted by molar-refractivity contribution is 7.17. The monoisotopic (exact) mass is 612 g/mol. The summed E-state index contributed by atoms with van der Waals surface area (Å²) in [6.07, 6.45) is -8.49. The first-order valence-corrected chi connectivity index (χ1v) is 12.5. The maximum atomic E-state index is 10.6. The lowest BCUT2D eigenvalue weighted by molar-refractivity contribution is -0.193. The van der Waals surface area contributed by atoms with E-state index < -0.39 is 24.3 Å². The second kappa shape index (κ2) is 14.2. The van der Waals surface area contributed by atoms with Gasteiger partial charge in [0.1, 0.15) is 28.5 Å². The number of benzene rings is 1. The highest BCUT2D eigenvalue weighted by atomic mass is 32.1. The number of fused-ring (bicyclic) bond motifs is 1. The fourth-order valence-corrected chi connectivity index (χ4v) is 4.50. The number of aliphatic carboxylic acids is 2. The third-order valence-electron chi connectivity index (χ3n) is 5.65. The van der Waals surface area contributed by atoms with E-state index in [1.807, 2.05) is 18.2 Å². The van der Waals surface area contributed by atoms with Gasteiger partial charge in [0.05, 0.1) is 19.6 Å². The van der Waals surface area contributed by atoms with Gasteiger partial charge in [-0.25, -0.2) is 19.6 Å². The normalized spacial score (nSPS) is 13.9. The predicted octanol–water partition coefficient (Wildman–Crippen LogP) is 4.78. The summed E-state index contributed by atoms with van der Waals surface area (Å²) in [5.74, 6) is -2.88. The van der Waals surface area contributed by atoms with Crippen LogP contribution in [0.1, 0.15) is 6.92 Å². The van der Waals surface area contributed by atoms with Gasteiger partial charge in [-0.05, 0) is 24.7 Å². The lowest BCUT2D eigenvalue weighted by Crippen LogP contribution is -2.46. The van der Waals surface area contributed by atoms with E-state index in [9.17, 15) is 26.3 Å². The Labute approximate surface area is 233 Å². The quantitative estimate of drug-likeness (QED) is 0.389. The number of anilines is 1. The van der Waals surface area contributed by atoms with Gasteiger partial charge in [0.25, 0.3) is 0 Å². The average molecular weight is 613 g/mol. The molecule has 226 valence electrons. The molecule has 1 aromatic carbocycles. The number of hydrogen-bond donors (Lipinski definition) is 2. The molecule has 2 N–H and O–H groups in total. The molecule has 0 radical (unpaired) electrons. The number of halogens is 6. The van der Waals surface area contributed by atoms with E-state index in [-0.39, 0.29) is 0 Å². The molecule has 0 unspecified atom stereocenters. The fraction of sp³-hybridized carbons (Fsp3) is 0.417. The van der Waals surface area contributed by atoms with E-state index in [1.165, 1.54) is 0 Å².